The topological polar surface area (TPSA) is 67.9 Å². The van der Waals surface area contributed by atoms with Gasteiger partial charge < -0.3 is 19.7 Å². The lowest BCUT2D eigenvalue weighted by Gasteiger charge is -2.23. The highest BCUT2D eigenvalue weighted by Gasteiger charge is 2.34. The number of halogens is 2. The van der Waals surface area contributed by atoms with Crippen molar-refractivity contribution in [2.45, 2.75) is 19.2 Å². The van der Waals surface area contributed by atoms with Crippen molar-refractivity contribution in [3.05, 3.63) is 59.7 Å². The summed E-state index contributed by atoms with van der Waals surface area (Å²) in [6.07, 6.45) is 0. The molecule has 0 aromatic heterocycles. The standard InChI is InChI=1S/C20H20F2N2O4S/c1-27-17-9-13(7-8-16(17)28-20(21)22)10-23-18(25)15-11-29-12-24(15)19(26)14-5-3-2-4-6-14/h2-9,15,20H,10-12H2,1H3,(H,23,25)/t15-/m0/s1. The molecule has 0 saturated carbocycles. The summed E-state index contributed by atoms with van der Waals surface area (Å²) in [6.45, 7) is -2.79. The summed E-state index contributed by atoms with van der Waals surface area (Å²) in [7, 11) is 1.35. The van der Waals surface area contributed by atoms with E-state index in [1.54, 1.807) is 35.2 Å². The summed E-state index contributed by atoms with van der Waals surface area (Å²) in [4.78, 5) is 26.9. The average molecular weight is 422 g/mol. The van der Waals surface area contributed by atoms with Crippen molar-refractivity contribution in [3.8, 4) is 11.5 Å². The summed E-state index contributed by atoms with van der Waals surface area (Å²) >= 11 is 1.51. The molecule has 29 heavy (non-hydrogen) atoms. The van der Waals surface area contributed by atoms with Crippen molar-refractivity contribution in [1.29, 1.82) is 0 Å². The number of carbonyl (C=O) groups is 2. The second kappa shape index (κ2) is 9.60. The molecule has 1 heterocycles. The Morgan fingerprint density at radius 2 is 1.97 bits per heavy atom. The molecule has 154 valence electrons. The van der Waals surface area contributed by atoms with Gasteiger partial charge in [0.05, 0.1) is 13.0 Å². The van der Waals surface area contributed by atoms with Gasteiger partial charge in [0.25, 0.3) is 5.91 Å². The first-order chi connectivity index (χ1) is 14.0. The van der Waals surface area contributed by atoms with Crippen LogP contribution in [0, 0.1) is 0 Å². The minimum Gasteiger partial charge on any atom is -0.493 e. The summed E-state index contributed by atoms with van der Waals surface area (Å²) in [5, 5.41) is 2.80. The smallest absolute Gasteiger partial charge is 0.387 e. The van der Waals surface area contributed by atoms with Crippen LogP contribution < -0.4 is 14.8 Å². The highest BCUT2D eigenvalue weighted by molar-refractivity contribution is 7.99. The van der Waals surface area contributed by atoms with Gasteiger partial charge in [0, 0.05) is 17.9 Å². The molecule has 0 radical (unpaired) electrons. The van der Waals surface area contributed by atoms with E-state index in [0.29, 0.717) is 22.8 Å². The van der Waals surface area contributed by atoms with Crippen LogP contribution in [0.2, 0.25) is 0 Å². The number of alkyl halides is 2. The van der Waals surface area contributed by atoms with Crippen molar-refractivity contribution in [1.82, 2.24) is 10.2 Å². The van der Waals surface area contributed by atoms with E-state index in [1.807, 2.05) is 6.07 Å². The number of thioether (sulfide) groups is 1. The average Bonchev–Trinajstić information content (AvgIpc) is 3.22. The number of rotatable bonds is 7. The van der Waals surface area contributed by atoms with Gasteiger partial charge in [-0.2, -0.15) is 8.78 Å². The van der Waals surface area contributed by atoms with Gasteiger partial charge in [0.2, 0.25) is 5.91 Å². The molecule has 0 unspecified atom stereocenters. The van der Waals surface area contributed by atoms with Gasteiger partial charge in [-0.25, -0.2) is 0 Å². The van der Waals surface area contributed by atoms with Crippen LogP contribution >= 0.6 is 11.8 Å². The Morgan fingerprint density at radius 1 is 1.21 bits per heavy atom. The SMILES string of the molecule is COc1cc(CNC(=O)[C@@H]2CSCN2C(=O)c2ccccc2)ccc1OC(F)F. The zero-order valence-corrected chi connectivity index (χ0v) is 16.5. The lowest BCUT2D eigenvalue weighted by Crippen LogP contribution is -2.47. The molecule has 1 N–H and O–H groups in total. The lowest BCUT2D eigenvalue weighted by molar-refractivity contribution is -0.124. The van der Waals surface area contributed by atoms with E-state index in [-0.39, 0.29) is 29.9 Å². The molecule has 2 aromatic carbocycles. The maximum atomic E-state index is 12.7. The van der Waals surface area contributed by atoms with E-state index in [0.717, 1.165) is 0 Å². The third-order valence-corrected chi connectivity index (χ3v) is 5.39. The quantitative estimate of drug-likeness (QED) is 0.743. The second-order valence-corrected chi connectivity index (χ2v) is 7.24. The number of nitrogens with zero attached hydrogens (tertiary/aromatic N) is 1. The number of hydrogen-bond acceptors (Lipinski definition) is 5. The van der Waals surface area contributed by atoms with Crippen molar-refractivity contribution in [3.63, 3.8) is 0 Å². The third-order valence-electron chi connectivity index (χ3n) is 4.38. The Bertz CT molecular complexity index is 867. The maximum absolute atomic E-state index is 12.7. The number of nitrogens with one attached hydrogen (secondary N) is 1. The van der Waals surface area contributed by atoms with Gasteiger partial charge in [-0.05, 0) is 29.8 Å². The Labute approximate surface area is 171 Å². The van der Waals surface area contributed by atoms with E-state index in [2.05, 4.69) is 10.1 Å². The number of benzene rings is 2. The molecule has 2 aromatic rings. The highest BCUT2D eigenvalue weighted by Crippen LogP contribution is 2.29. The minimum atomic E-state index is -2.96. The van der Waals surface area contributed by atoms with Crippen LogP contribution in [0.4, 0.5) is 8.78 Å². The van der Waals surface area contributed by atoms with E-state index >= 15 is 0 Å². The highest BCUT2D eigenvalue weighted by atomic mass is 32.2. The molecular formula is C20H20F2N2O4S. The number of methoxy groups -OCH3 is 1. The van der Waals surface area contributed by atoms with Gasteiger partial charge >= 0.3 is 6.61 Å². The van der Waals surface area contributed by atoms with Gasteiger partial charge in [0.15, 0.2) is 11.5 Å². The fourth-order valence-corrected chi connectivity index (χ4v) is 4.08. The molecule has 0 spiro atoms. The van der Waals surface area contributed by atoms with Gasteiger partial charge in [0.1, 0.15) is 6.04 Å². The summed E-state index contributed by atoms with van der Waals surface area (Å²) in [5.74, 6) is 0.560. The Kier molecular flexibility index (Phi) is 6.92. The van der Waals surface area contributed by atoms with Crippen LogP contribution in [-0.4, -0.2) is 48.1 Å². The fraction of sp³-hybridized carbons (Fsp3) is 0.300. The van der Waals surface area contributed by atoms with Crippen molar-refractivity contribution < 1.29 is 27.8 Å². The molecule has 9 heteroatoms. The Hall–Kier alpha value is -2.81. The van der Waals surface area contributed by atoms with Crippen LogP contribution in [0.15, 0.2) is 48.5 Å². The molecule has 1 atom stereocenters. The van der Waals surface area contributed by atoms with E-state index in [1.165, 1.54) is 31.0 Å². The van der Waals surface area contributed by atoms with Crippen LogP contribution in [0.5, 0.6) is 11.5 Å². The van der Waals surface area contributed by atoms with Crippen molar-refractivity contribution >= 4 is 23.6 Å². The van der Waals surface area contributed by atoms with Crippen LogP contribution in [0.1, 0.15) is 15.9 Å². The molecule has 2 amide bonds. The zero-order chi connectivity index (χ0) is 20.8. The van der Waals surface area contributed by atoms with Gasteiger partial charge in [-0.15, -0.1) is 11.8 Å². The lowest BCUT2D eigenvalue weighted by atomic mass is 10.1. The summed E-state index contributed by atoms with van der Waals surface area (Å²) in [5.41, 5.74) is 1.19. The monoisotopic (exact) mass is 422 g/mol. The molecule has 6 nitrogen and oxygen atoms in total. The third kappa shape index (κ3) is 5.17. The maximum Gasteiger partial charge on any atom is 0.387 e. The van der Waals surface area contributed by atoms with Crippen LogP contribution in [-0.2, 0) is 11.3 Å². The van der Waals surface area contributed by atoms with Gasteiger partial charge in [-0.1, -0.05) is 24.3 Å². The predicted molar refractivity (Wildman–Crippen MR) is 105 cm³/mol. The molecule has 1 fully saturated rings. The van der Waals surface area contributed by atoms with E-state index in [4.69, 9.17) is 4.74 Å². The predicted octanol–water partition coefficient (Wildman–Crippen LogP) is 3.13. The molecule has 1 aliphatic heterocycles. The first-order valence-electron chi connectivity index (χ1n) is 8.83. The molecular weight excluding hydrogens is 402 g/mol. The zero-order valence-electron chi connectivity index (χ0n) is 15.6. The second-order valence-electron chi connectivity index (χ2n) is 6.24. The molecule has 0 aliphatic carbocycles. The van der Waals surface area contributed by atoms with E-state index < -0.39 is 12.7 Å². The molecule has 3 rings (SSSR count). The summed E-state index contributed by atoms with van der Waals surface area (Å²) < 4.78 is 34.3. The Balaban J connectivity index is 1.63. The number of ether oxygens (including phenoxy) is 2. The minimum absolute atomic E-state index is 0.0793. The number of hydrogen-bond donors (Lipinski definition) is 1. The molecule has 1 aliphatic rings. The molecule has 1 saturated heterocycles. The van der Waals surface area contributed by atoms with E-state index in [9.17, 15) is 18.4 Å². The number of amides is 2. The largest absolute Gasteiger partial charge is 0.493 e. The number of carbonyl (C=O) groups excluding carboxylic acids is 2. The Morgan fingerprint density at radius 3 is 2.66 bits per heavy atom. The normalized spacial score (nSPS) is 16.0. The van der Waals surface area contributed by atoms with Crippen molar-refractivity contribution in [2.75, 3.05) is 18.7 Å². The first kappa shape index (κ1) is 20.9. The van der Waals surface area contributed by atoms with Crippen LogP contribution in [0.25, 0.3) is 0 Å². The van der Waals surface area contributed by atoms with Gasteiger partial charge in [-0.3, -0.25) is 9.59 Å². The van der Waals surface area contributed by atoms with Crippen LogP contribution in [0.3, 0.4) is 0 Å². The first-order valence-corrected chi connectivity index (χ1v) is 9.98. The van der Waals surface area contributed by atoms with Crippen molar-refractivity contribution in [2.24, 2.45) is 0 Å². The fourth-order valence-electron chi connectivity index (χ4n) is 2.93. The molecule has 0 bridgehead atoms. The summed E-state index contributed by atoms with van der Waals surface area (Å²) in [6, 6.07) is 12.7.